The third-order valence-electron chi connectivity index (χ3n) is 3.37. The van der Waals surface area contributed by atoms with Crippen LogP contribution in [-0.2, 0) is 11.8 Å². The first-order valence-electron chi connectivity index (χ1n) is 6.51. The Hall–Kier alpha value is -2.63. The number of aromatic nitrogens is 2. The van der Waals surface area contributed by atoms with Crippen LogP contribution in [0.15, 0.2) is 36.5 Å². The van der Waals surface area contributed by atoms with Gasteiger partial charge in [-0.25, -0.2) is 4.79 Å². The number of hydrogen-bond donors (Lipinski definition) is 1. The first-order chi connectivity index (χ1) is 9.91. The quantitative estimate of drug-likeness (QED) is 0.927. The molecule has 1 N–H and O–H groups in total. The molecule has 1 atom stereocenters. The molecule has 110 valence electrons. The summed E-state index contributed by atoms with van der Waals surface area (Å²) in [6, 6.07) is 8.43. The molecule has 0 spiro atoms. The Balaban J connectivity index is 2.41. The Kier molecular flexibility index (Phi) is 4.07. The number of carbonyl (C=O) groups excluding carboxylic acids is 1. The molecule has 0 aliphatic heterocycles. The lowest BCUT2D eigenvalue weighted by Crippen LogP contribution is -2.40. The van der Waals surface area contributed by atoms with Crippen LogP contribution in [0.25, 0.3) is 11.3 Å². The zero-order valence-corrected chi connectivity index (χ0v) is 12.1. The number of aryl methyl sites for hydroxylation is 1. The van der Waals surface area contributed by atoms with Gasteiger partial charge >= 0.3 is 5.97 Å². The van der Waals surface area contributed by atoms with Crippen LogP contribution in [0.3, 0.4) is 0 Å². The van der Waals surface area contributed by atoms with Gasteiger partial charge in [-0.05, 0) is 6.92 Å². The van der Waals surface area contributed by atoms with Crippen molar-refractivity contribution in [1.29, 1.82) is 0 Å². The van der Waals surface area contributed by atoms with E-state index < -0.39 is 12.0 Å². The van der Waals surface area contributed by atoms with Gasteiger partial charge in [0.2, 0.25) is 0 Å². The Bertz CT molecular complexity index is 664. The van der Waals surface area contributed by atoms with E-state index in [0.29, 0.717) is 11.3 Å². The lowest BCUT2D eigenvalue weighted by molar-refractivity contribution is -0.141. The van der Waals surface area contributed by atoms with E-state index in [2.05, 4.69) is 5.10 Å². The van der Waals surface area contributed by atoms with Crippen molar-refractivity contribution >= 4 is 11.9 Å². The maximum Gasteiger partial charge on any atom is 0.326 e. The highest BCUT2D eigenvalue weighted by molar-refractivity contribution is 6.01. The summed E-state index contributed by atoms with van der Waals surface area (Å²) >= 11 is 0. The predicted octanol–water partition coefficient (Wildman–Crippen LogP) is 1.63. The molecular weight excluding hydrogens is 270 g/mol. The average Bonchev–Trinajstić information content (AvgIpc) is 2.87. The molecular formula is C15H17N3O3. The van der Waals surface area contributed by atoms with Gasteiger partial charge < -0.3 is 10.0 Å². The number of carboxylic acid groups (broad SMARTS) is 1. The number of aliphatic carboxylic acids is 1. The van der Waals surface area contributed by atoms with Gasteiger partial charge in [0.05, 0.1) is 5.56 Å². The highest BCUT2D eigenvalue weighted by atomic mass is 16.4. The Morgan fingerprint density at radius 2 is 1.90 bits per heavy atom. The Morgan fingerprint density at radius 3 is 2.48 bits per heavy atom. The minimum atomic E-state index is -1.05. The van der Waals surface area contributed by atoms with E-state index in [-0.39, 0.29) is 5.91 Å². The molecule has 1 aromatic carbocycles. The number of benzene rings is 1. The molecule has 1 aromatic heterocycles. The summed E-state index contributed by atoms with van der Waals surface area (Å²) < 4.78 is 1.55. The van der Waals surface area contributed by atoms with Crippen molar-refractivity contribution in [2.75, 3.05) is 7.05 Å². The lowest BCUT2D eigenvalue weighted by atomic mass is 10.1. The second kappa shape index (κ2) is 5.78. The summed E-state index contributed by atoms with van der Waals surface area (Å²) in [6.07, 6.45) is 1.61. The zero-order chi connectivity index (χ0) is 15.6. The molecule has 0 aliphatic rings. The van der Waals surface area contributed by atoms with Crippen LogP contribution in [0.4, 0.5) is 0 Å². The van der Waals surface area contributed by atoms with E-state index in [1.807, 2.05) is 30.3 Å². The van der Waals surface area contributed by atoms with Gasteiger partial charge in [0, 0.05) is 25.9 Å². The highest BCUT2D eigenvalue weighted by Crippen LogP contribution is 2.23. The van der Waals surface area contributed by atoms with Crippen molar-refractivity contribution in [3.05, 3.63) is 42.1 Å². The predicted molar refractivity (Wildman–Crippen MR) is 77.8 cm³/mol. The number of carboxylic acids is 1. The molecule has 2 rings (SSSR count). The summed E-state index contributed by atoms with van der Waals surface area (Å²) in [5, 5.41) is 13.3. The highest BCUT2D eigenvalue weighted by Gasteiger charge is 2.26. The fourth-order valence-corrected chi connectivity index (χ4v) is 1.99. The van der Waals surface area contributed by atoms with Gasteiger partial charge in [-0.3, -0.25) is 9.48 Å². The van der Waals surface area contributed by atoms with Crippen molar-refractivity contribution in [1.82, 2.24) is 14.7 Å². The molecule has 21 heavy (non-hydrogen) atoms. The van der Waals surface area contributed by atoms with Crippen LogP contribution in [0.2, 0.25) is 0 Å². The summed E-state index contributed by atoms with van der Waals surface area (Å²) in [5.41, 5.74) is 1.75. The number of hydrogen-bond acceptors (Lipinski definition) is 3. The summed E-state index contributed by atoms with van der Waals surface area (Å²) in [6.45, 7) is 1.47. The molecule has 0 radical (unpaired) electrons. The van der Waals surface area contributed by atoms with E-state index in [0.717, 1.165) is 5.56 Å². The monoisotopic (exact) mass is 287 g/mol. The topological polar surface area (TPSA) is 75.4 Å². The van der Waals surface area contributed by atoms with Gasteiger partial charge in [0.15, 0.2) is 0 Å². The van der Waals surface area contributed by atoms with E-state index >= 15 is 0 Å². The molecule has 0 fully saturated rings. The largest absolute Gasteiger partial charge is 0.480 e. The van der Waals surface area contributed by atoms with Crippen LogP contribution in [0, 0.1) is 0 Å². The van der Waals surface area contributed by atoms with Crippen molar-refractivity contribution in [3.63, 3.8) is 0 Å². The normalized spacial score (nSPS) is 12.0. The number of rotatable bonds is 4. The molecule has 0 bridgehead atoms. The van der Waals surface area contributed by atoms with Gasteiger partial charge in [-0.2, -0.15) is 5.10 Å². The molecule has 0 aliphatic carbocycles. The maximum atomic E-state index is 12.5. The van der Waals surface area contributed by atoms with E-state index in [9.17, 15) is 9.59 Å². The van der Waals surface area contributed by atoms with Crippen molar-refractivity contribution in [2.45, 2.75) is 13.0 Å². The Morgan fingerprint density at radius 1 is 1.29 bits per heavy atom. The van der Waals surface area contributed by atoms with Crippen molar-refractivity contribution in [3.8, 4) is 11.3 Å². The molecule has 1 heterocycles. The van der Waals surface area contributed by atoms with Crippen LogP contribution in [0.1, 0.15) is 17.3 Å². The van der Waals surface area contributed by atoms with E-state index in [1.165, 1.54) is 18.9 Å². The van der Waals surface area contributed by atoms with E-state index in [4.69, 9.17) is 5.11 Å². The SMILES string of the molecule is CC(C(=O)O)N(C)C(=O)c1cn(C)nc1-c1ccccc1. The fourth-order valence-electron chi connectivity index (χ4n) is 1.99. The second-order valence-corrected chi connectivity index (χ2v) is 4.86. The first kappa shape index (κ1) is 14.8. The first-order valence-corrected chi connectivity index (χ1v) is 6.51. The smallest absolute Gasteiger partial charge is 0.326 e. The van der Waals surface area contributed by atoms with Crippen LogP contribution >= 0.6 is 0 Å². The molecule has 6 heteroatoms. The minimum Gasteiger partial charge on any atom is -0.480 e. The van der Waals surface area contributed by atoms with Crippen molar-refractivity contribution < 1.29 is 14.7 Å². The molecule has 1 amide bonds. The zero-order valence-electron chi connectivity index (χ0n) is 12.1. The molecule has 1 unspecified atom stereocenters. The summed E-state index contributed by atoms with van der Waals surface area (Å²) in [4.78, 5) is 24.7. The molecule has 0 saturated carbocycles. The summed E-state index contributed by atoms with van der Waals surface area (Å²) in [7, 11) is 3.20. The lowest BCUT2D eigenvalue weighted by Gasteiger charge is -2.21. The van der Waals surface area contributed by atoms with Crippen LogP contribution < -0.4 is 0 Å². The third-order valence-corrected chi connectivity index (χ3v) is 3.37. The number of amides is 1. The molecule has 2 aromatic rings. The Labute approximate surface area is 122 Å². The molecule has 6 nitrogen and oxygen atoms in total. The maximum absolute atomic E-state index is 12.5. The van der Waals surface area contributed by atoms with Gasteiger partial charge in [0.25, 0.3) is 5.91 Å². The van der Waals surface area contributed by atoms with Gasteiger partial charge in [-0.1, -0.05) is 30.3 Å². The number of carbonyl (C=O) groups is 2. The van der Waals surface area contributed by atoms with Gasteiger partial charge in [0.1, 0.15) is 11.7 Å². The number of likely N-dealkylation sites (N-methyl/N-ethyl adjacent to an activating group) is 1. The fraction of sp³-hybridized carbons (Fsp3) is 0.267. The van der Waals surface area contributed by atoms with Crippen LogP contribution in [-0.4, -0.2) is 44.8 Å². The van der Waals surface area contributed by atoms with Gasteiger partial charge in [-0.15, -0.1) is 0 Å². The molecule has 0 saturated heterocycles. The number of nitrogens with zero attached hydrogens (tertiary/aromatic N) is 3. The second-order valence-electron chi connectivity index (χ2n) is 4.86. The van der Waals surface area contributed by atoms with Crippen LogP contribution in [0.5, 0.6) is 0 Å². The minimum absolute atomic E-state index is 0.364. The van der Waals surface area contributed by atoms with E-state index in [1.54, 1.807) is 17.9 Å². The third kappa shape index (κ3) is 2.94. The average molecular weight is 287 g/mol. The standard InChI is InChI=1S/C15H17N3O3/c1-10(15(20)21)18(3)14(19)12-9-17(2)16-13(12)11-7-5-4-6-8-11/h4-10H,1-3H3,(H,20,21). The summed E-state index contributed by atoms with van der Waals surface area (Å²) in [5.74, 6) is -1.41. The van der Waals surface area contributed by atoms with Crippen molar-refractivity contribution in [2.24, 2.45) is 7.05 Å².